The van der Waals surface area contributed by atoms with Gasteiger partial charge >= 0.3 is 5.97 Å². The molecular weight excluding hydrogens is 378 g/mol. The van der Waals surface area contributed by atoms with E-state index in [1.807, 2.05) is 43.3 Å². The van der Waals surface area contributed by atoms with E-state index < -0.39 is 5.97 Å². The topological polar surface area (TPSA) is 63.2 Å². The average molecular weight is 398 g/mol. The molecule has 27 heavy (non-hydrogen) atoms. The summed E-state index contributed by atoms with van der Waals surface area (Å²) in [4.78, 5) is 17.4. The van der Waals surface area contributed by atoms with Crippen LogP contribution >= 0.6 is 23.6 Å². The largest absolute Gasteiger partial charge is 0.465 e. The molecule has 0 amide bonds. The van der Waals surface area contributed by atoms with Crippen LogP contribution in [-0.4, -0.2) is 23.2 Å². The average Bonchev–Trinajstić information content (AvgIpc) is 3.04. The summed E-state index contributed by atoms with van der Waals surface area (Å²) in [5.41, 5.74) is 2.72. The maximum absolute atomic E-state index is 12.2. The van der Waals surface area contributed by atoms with Crippen molar-refractivity contribution in [1.29, 1.82) is 0 Å². The molecule has 0 aliphatic carbocycles. The van der Waals surface area contributed by atoms with E-state index in [9.17, 15) is 4.79 Å². The van der Waals surface area contributed by atoms with Gasteiger partial charge in [0.15, 0.2) is 5.11 Å². The Labute approximate surface area is 167 Å². The van der Waals surface area contributed by atoms with Crippen molar-refractivity contribution in [3.63, 3.8) is 0 Å². The van der Waals surface area contributed by atoms with Gasteiger partial charge in [0.05, 0.1) is 12.7 Å². The van der Waals surface area contributed by atoms with Crippen molar-refractivity contribution in [3.05, 3.63) is 76.3 Å². The molecule has 0 atom stereocenters. The molecule has 3 rings (SSSR count). The molecule has 0 fully saturated rings. The smallest absolute Gasteiger partial charge is 0.340 e. The van der Waals surface area contributed by atoms with Gasteiger partial charge in [0.2, 0.25) is 0 Å². The Hall–Kier alpha value is -2.77. The zero-order valence-corrected chi connectivity index (χ0v) is 16.6. The van der Waals surface area contributed by atoms with E-state index >= 15 is 0 Å². The highest BCUT2D eigenvalue weighted by molar-refractivity contribution is 7.80. The van der Waals surface area contributed by atoms with E-state index in [0.717, 1.165) is 16.9 Å². The molecule has 0 aliphatic rings. The Kier molecular flexibility index (Phi) is 6.16. The van der Waals surface area contributed by atoms with E-state index in [2.05, 4.69) is 27.8 Å². The van der Waals surface area contributed by atoms with Crippen LogP contribution in [0.15, 0.2) is 54.7 Å². The second kappa shape index (κ2) is 8.75. The zero-order valence-electron chi connectivity index (χ0n) is 15.0. The molecule has 0 radical (unpaired) electrons. The lowest BCUT2D eigenvalue weighted by molar-refractivity contribution is 0.0602. The van der Waals surface area contributed by atoms with Crippen molar-refractivity contribution in [1.82, 2.24) is 4.98 Å². The quantitative estimate of drug-likeness (QED) is 0.483. The number of ether oxygens (including phenoxy) is 1. The summed E-state index contributed by atoms with van der Waals surface area (Å²) < 4.78 is 4.91. The molecule has 2 heterocycles. The Balaban J connectivity index is 1.78. The maximum Gasteiger partial charge on any atom is 0.340 e. The number of hydrogen-bond donors (Lipinski definition) is 2. The molecule has 7 heteroatoms. The molecule has 138 valence electrons. The Morgan fingerprint density at radius 2 is 1.96 bits per heavy atom. The summed E-state index contributed by atoms with van der Waals surface area (Å²) in [6.45, 7) is 1.98. The van der Waals surface area contributed by atoms with Crippen LogP contribution < -0.4 is 10.6 Å². The highest BCUT2D eigenvalue weighted by atomic mass is 32.1. The maximum atomic E-state index is 12.2. The normalized spacial score (nSPS) is 10.3. The van der Waals surface area contributed by atoms with Gasteiger partial charge in [-0.05, 0) is 48.5 Å². The third-order valence-electron chi connectivity index (χ3n) is 3.79. The SMILES string of the molecule is COC(=O)c1cc(Cc2ccccc2)sc1NC(=S)Nc1cc(C)ccn1. The number of esters is 1. The fourth-order valence-electron chi connectivity index (χ4n) is 2.54. The second-order valence-electron chi connectivity index (χ2n) is 5.91. The van der Waals surface area contributed by atoms with Crippen molar-refractivity contribution in [2.45, 2.75) is 13.3 Å². The van der Waals surface area contributed by atoms with Gasteiger partial charge in [-0.15, -0.1) is 11.3 Å². The van der Waals surface area contributed by atoms with Crippen molar-refractivity contribution in [2.24, 2.45) is 0 Å². The molecule has 1 aromatic carbocycles. The minimum atomic E-state index is -0.399. The first-order valence-electron chi connectivity index (χ1n) is 8.31. The zero-order chi connectivity index (χ0) is 19.2. The van der Waals surface area contributed by atoms with E-state index in [1.54, 1.807) is 6.20 Å². The van der Waals surface area contributed by atoms with Crippen molar-refractivity contribution in [2.75, 3.05) is 17.7 Å². The number of pyridine rings is 1. The van der Waals surface area contributed by atoms with E-state index in [4.69, 9.17) is 17.0 Å². The van der Waals surface area contributed by atoms with Crippen LogP contribution in [-0.2, 0) is 11.2 Å². The number of carbonyl (C=O) groups excluding carboxylic acids is 1. The summed E-state index contributed by atoms with van der Waals surface area (Å²) in [6, 6.07) is 15.7. The number of methoxy groups -OCH3 is 1. The predicted octanol–water partition coefficient (Wildman–Crippen LogP) is 4.64. The molecule has 0 saturated carbocycles. The van der Waals surface area contributed by atoms with Crippen LogP contribution in [0.3, 0.4) is 0 Å². The number of aromatic nitrogens is 1. The second-order valence-corrected chi connectivity index (χ2v) is 7.45. The van der Waals surface area contributed by atoms with Gasteiger partial charge in [-0.25, -0.2) is 9.78 Å². The van der Waals surface area contributed by atoms with E-state index in [-0.39, 0.29) is 0 Å². The summed E-state index contributed by atoms with van der Waals surface area (Å²) >= 11 is 6.86. The highest BCUT2D eigenvalue weighted by Crippen LogP contribution is 2.30. The fraction of sp³-hybridized carbons (Fsp3) is 0.150. The van der Waals surface area contributed by atoms with Gasteiger partial charge in [0.25, 0.3) is 0 Å². The predicted molar refractivity (Wildman–Crippen MR) is 114 cm³/mol. The Morgan fingerprint density at radius 1 is 1.19 bits per heavy atom. The summed E-state index contributed by atoms with van der Waals surface area (Å²) in [5.74, 6) is 0.248. The van der Waals surface area contributed by atoms with E-state index in [1.165, 1.54) is 24.0 Å². The van der Waals surface area contributed by atoms with Crippen LogP contribution in [0.2, 0.25) is 0 Å². The molecule has 5 nitrogen and oxygen atoms in total. The van der Waals surface area contributed by atoms with Crippen LogP contribution in [0.25, 0.3) is 0 Å². The monoisotopic (exact) mass is 397 g/mol. The van der Waals surface area contributed by atoms with Gasteiger partial charge in [0, 0.05) is 17.5 Å². The van der Waals surface area contributed by atoms with Crippen molar-refractivity contribution in [3.8, 4) is 0 Å². The Bertz CT molecular complexity index is 955. The lowest BCUT2D eigenvalue weighted by atomic mass is 10.1. The molecule has 2 N–H and O–H groups in total. The van der Waals surface area contributed by atoms with Gasteiger partial charge in [-0.2, -0.15) is 0 Å². The van der Waals surface area contributed by atoms with Crippen LogP contribution in [0.5, 0.6) is 0 Å². The number of thiocarbonyl (C=S) groups is 1. The lowest BCUT2D eigenvalue weighted by Crippen LogP contribution is -2.20. The molecule has 0 spiro atoms. The summed E-state index contributed by atoms with van der Waals surface area (Å²) in [6.07, 6.45) is 2.44. The van der Waals surface area contributed by atoms with Gasteiger partial charge < -0.3 is 15.4 Å². The number of nitrogens with one attached hydrogen (secondary N) is 2. The Morgan fingerprint density at radius 3 is 2.67 bits per heavy atom. The van der Waals surface area contributed by atoms with Crippen molar-refractivity contribution < 1.29 is 9.53 Å². The standard InChI is InChI=1S/C20H19N3O2S2/c1-13-8-9-21-17(10-13)22-20(26)23-18-16(19(24)25-2)12-15(27-18)11-14-6-4-3-5-7-14/h3-10,12H,11H2,1-2H3,(H2,21,22,23,26). The minimum absolute atomic E-state index is 0.367. The molecule has 0 aliphatic heterocycles. The summed E-state index contributed by atoms with van der Waals surface area (Å²) in [5, 5.41) is 7.15. The minimum Gasteiger partial charge on any atom is -0.465 e. The van der Waals surface area contributed by atoms with Crippen LogP contribution in [0.1, 0.15) is 26.4 Å². The van der Waals surface area contributed by atoms with Gasteiger partial charge in [-0.1, -0.05) is 30.3 Å². The first-order valence-corrected chi connectivity index (χ1v) is 9.53. The first kappa shape index (κ1) is 19.0. The fourth-order valence-corrected chi connectivity index (χ4v) is 3.89. The molecule has 2 aromatic heterocycles. The first-order chi connectivity index (χ1) is 13.0. The highest BCUT2D eigenvalue weighted by Gasteiger charge is 2.18. The number of hydrogen-bond acceptors (Lipinski definition) is 5. The number of benzene rings is 1. The number of anilines is 2. The number of aryl methyl sites for hydroxylation is 1. The van der Waals surface area contributed by atoms with Crippen molar-refractivity contribution >= 4 is 45.5 Å². The van der Waals surface area contributed by atoms with Gasteiger partial charge in [-0.3, -0.25) is 0 Å². The lowest BCUT2D eigenvalue weighted by Gasteiger charge is -2.10. The number of carbonyl (C=O) groups is 1. The number of nitrogens with zero attached hydrogens (tertiary/aromatic N) is 1. The third-order valence-corrected chi connectivity index (χ3v) is 5.05. The number of rotatable bonds is 5. The molecule has 0 unspecified atom stereocenters. The third kappa shape index (κ3) is 5.12. The molecular formula is C20H19N3O2S2. The van der Waals surface area contributed by atoms with Crippen LogP contribution in [0.4, 0.5) is 10.8 Å². The molecule has 0 saturated heterocycles. The number of thiophene rings is 1. The molecule has 3 aromatic rings. The molecule has 0 bridgehead atoms. The summed E-state index contributed by atoms with van der Waals surface area (Å²) in [7, 11) is 1.37. The van der Waals surface area contributed by atoms with Gasteiger partial charge in [0.1, 0.15) is 10.8 Å². The van der Waals surface area contributed by atoms with E-state index in [0.29, 0.717) is 21.5 Å². The van der Waals surface area contributed by atoms with Crippen LogP contribution in [0, 0.1) is 6.92 Å².